The fourth-order valence-electron chi connectivity index (χ4n) is 2.51. The quantitative estimate of drug-likeness (QED) is 0.753. The Morgan fingerprint density at radius 2 is 1.67 bits per heavy atom. The van der Waals surface area contributed by atoms with Crippen LogP contribution in [0.2, 0.25) is 0 Å². The molecule has 0 saturated heterocycles. The van der Waals surface area contributed by atoms with Gasteiger partial charge in [-0.05, 0) is 24.3 Å². The molecule has 0 atom stereocenters. The molecule has 0 spiro atoms. The Morgan fingerprint density at radius 1 is 0.958 bits per heavy atom. The molecule has 124 valence electrons. The monoisotopic (exact) mass is 326 g/mol. The Kier molecular flexibility index (Phi) is 4.29. The average Bonchev–Trinajstić information content (AvgIpc) is 3.05. The Bertz CT molecular complexity index is 886. The number of hydrogen-bond acceptors (Lipinski definition) is 4. The van der Waals surface area contributed by atoms with Crippen LogP contribution >= 0.6 is 0 Å². The van der Waals surface area contributed by atoms with Gasteiger partial charge in [-0.1, -0.05) is 0 Å². The number of benzene rings is 2. The fraction of sp³-hybridized carbons (Fsp3) is 0.167. The lowest BCUT2D eigenvalue weighted by molar-refractivity contribution is 0.102. The summed E-state index contributed by atoms with van der Waals surface area (Å²) in [6, 6.07) is 10.7. The standard InChI is InChI=1S/C18H18N2O4/c1-22-11-4-6-13-14(10-19-16(13)8-11)18(21)20-15-7-5-12(23-2)9-17(15)24-3/h4-10,19H,1-3H3,(H,20,21). The molecule has 0 aliphatic rings. The first-order valence-electron chi connectivity index (χ1n) is 7.34. The van der Waals surface area contributed by atoms with Crippen molar-refractivity contribution in [3.8, 4) is 17.2 Å². The normalized spacial score (nSPS) is 10.5. The van der Waals surface area contributed by atoms with Gasteiger partial charge in [-0.3, -0.25) is 4.79 Å². The molecule has 0 fully saturated rings. The molecule has 3 aromatic rings. The predicted molar refractivity (Wildman–Crippen MR) is 92.3 cm³/mol. The molecule has 2 aromatic carbocycles. The Balaban J connectivity index is 1.90. The van der Waals surface area contributed by atoms with Gasteiger partial charge in [0.15, 0.2) is 0 Å². The molecule has 0 unspecified atom stereocenters. The summed E-state index contributed by atoms with van der Waals surface area (Å²) in [5.41, 5.74) is 1.96. The zero-order valence-electron chi connectivity index (χ0n) is 13.7. The van der Waals surface area contributed by atoms with Crippen molar-refractivity contribution in [2.45, 2.75) is 0 Å². The summed E-state index contributed by atoms with van der Waals surface area (Å²) >= 11 is 0. The van der Waals surface area contributed by atoms with E-state index in [1.807, 2.05) is 18.2 Å². The van der Waals surface area contributed by atoms with Gasteiger partial charge in [0.25, 0.3) is 5.91 Å². The second-order valence-electron chi connectivity index (χ2n) is 5.13. The molecule has 1 amide bonds. The van der Waals surface area contributed by atoms with E-state index >= 15 is 0 Å². The zero-order valence-corrected chi connectivity index (χ0v) is 13.7. The highest BCUT2D eigenvalue weighted by Crippen LogP contribution is 2.30. The highest BCUT2D eigenvalue weighted by atomic mass is 16.5. The highest BCUT2D eigenvalue weighted by molar-refractivity contribution is 6.13. The molecule has 1 heterocycles. The highest BCUT2D eigenvalue weighted by Gasteiger charge is 2.15. The van der Waals surface area contributed by atoms with E-state index in [0.29, 0.717) is 22.7 Å². The Morgan fingerprint density at radius 3 is 2.38 bits per heavy atom. The number of amides is 1. The number of nitrogens with one attached hydrogen (secondary N) is 2. The van der Waals surface area contributed by atoms with E-state index in [9.17, 15) is 4.79 Å². The van der Waals surface area contributed by atoms with E-state index in [-0.39, 0.29) is 5.91 Å². The summed E-state index contributed by atoms with van der Waals surface area (Å²) < 4.78 is 15.7. The first-order chi connectivity index (χ1) is 11.7. The number of fused-ring (bicyclic) bond motifs is 1. The molecule has 6 nitrogen and oxygen atoms in total. The lowest BCUT2D eigenvalue weighted by Crippen LogP contribution is -2.12. The summed E-state index contributed by atoms with van der Waals surface area (Å²) in [6.07, 6.45) is 1.68. The molecule has 0 saturated carbocycles. The molecule has 0 aliphatic carbocycles. The minimum atomic E-state index is -0.227. The number of hydrogen-bond donors (Lipinski definition) is 2. The lowest BCUT2D eigenvalue weighted by atomic mass is 10.1. The summed E-state index contributed by atoms with van der Waals surface area (Å²) in [4.78, 5) is 15.7. The maximum absolute atomic E-state index is 12.6. The Labute approximate surface area is 139 Å². The summed E-state index contributed by atoms with van der Waals surface area (Å²) in [6.45, 7) is 0. The molecular formula is C18H18N2O4. The van der Waals surface area contributed by atoms with Crippen molar-refractivity contribution in [1.82, 2.24) is 4.98 Å². The molecule has 0 bridgehead atoms. The number of methoxy groups -OCH3 is 3. The fourth-order valence-corrected chi connectivity index (χ4v) is 2.51. The zero-order chi connectivity index (χ0) is 17.1. The summed E-state index contributed by atoms with van der Waals surface area (Å²) in [7, 11) is 4.73. The van der Waals surface area contributed by atoms with E-state index in [4.69, 9.17) is 14.2 Å². The third-order valence-electron chi connectivity index (χ3n) is 3.79. The van der Waals surface area contributed by atoms with Crippen molar-refractivity contribution < 1.29 is 19.0 Å². The van der Waals surface area contributed by atoms with E-state index in [1.165, 1.54) is 0 Å². The van der Waals surface area contributed by atoms with Gasteiger partial charge in [0.05, 0.1) is 32.6 Å². The van der Waals surface area contributed by atoms with Gasteiger partial charge in [0.2, 0.25) is 0 Å². The van der Waals surface area contributed by atoms with Crippen LogP contribution in [0.5, 0.6) is 17.2 Å². The second kappa shape index (κ2) is 6.54. The van der Waals surface area contributed by atoms with Crippen LogP contribution in [0.1, 0.15) is 10.4 Å². The SMILES string of the molecule is COc1ccc(NC(=O)c2c[nH]c3cc(OC)ccc23)c(OC)c1. The number of carbonyl (C=O) groups is 1. The van der Waals surface area contributed by atoms with Crippen molar-refractivity contribution in [2.24, 2.45) is 0 Å². The molecule has 24 heavy (non-hydrogen) atoms. The van der Waals surface area contributed by atoms with Crippen LogP contribution < -0.4 is 19.5 Å². The van der Waals surface area contributed by atoms with Crippen molar-refractivity contribution in [3.63, 3.8) is 0 Å². The molecule has 2 N–H and O–H groups in total. The van der Waals surface area contributed by atoms with E-state index in [0.717, 1.165) is 16.7 Å². The van der Waals surface area contributed by atoms with Gasteiger partial charge in [-0.25, -0.2) is 0 Å². The lowest BCUT2D eigenvalue weighted by Gasteiger charge is -2.11. The number of ether oxygens (including phenoxy) is 3. The van der Waals surface area contributed by atoms with Crippen LogP contribution in [0.3, 0.4) is 0 Å². The number of aromatic amines is 1. The largest absolute Gasteiger partial charge is 0.497 e. The first kappa shape index (κ1) is 15.7. The van der Waals surface area contributed by atoms with Gasteiger partial charge < -0.3 is 24.5 Å². The van der Waals surface area contributed by atoms with E-state index < -0.39 is 0 Å². The van der Waals surface area contributed by atoms with Gasteiger partial charge in [-0.15, -0.1) is 0 Å². The number of carbonyl (C=O) groups excluding carboxylic acids is 1. The molecule has 0 aliphatic heterocycles. The first-order valence-corrected chi connectivity index (χ1v) is 7.34. The van der Waals surface area contributed by atoms with Crippen LogP contribution in [0.25, 0.3) is 10.9 Å². The van der Waals surface area contributed by atoms with E-state index in [1.54, 1.807) is 45.7 Å². The van der Waals surface area contributed by atoms with Crippen molar-refractivity contribution in [2.75, 3.05) is 26.6 Å². The van der Waals surface area contributed by atoms with Gasteiger partial charge in [0.1, 0.15) is 17.2 Å². The van der Waals surface area contributed by atoms with Crippen LogP contribution in [0, 0.1) is 0 Å². The molecule has 3 rings (SSSR count). The van der Waals surface area contributed by atoms with Crippen molar-refractivity contribution in [3.05, 3.63) is 48.2 Å². The van der Waals surface area contributed by atoms with Crippen LogP contribution in [-0.4, -0.2) is 32.2 Å². The number of aromatic nitrogens is 1. The van der Waals surface area contributed by atoms with E-state index in [2.05, 4.69) is 10.3 Å². The topological polar surface area (TPSA) is 72.6 Å². The molecule has 1 aromatic heterocycles. The maximum Gasteiger partial charge on any atom is 0.257 e. The predicted octanol–water partition coefficient (Wildman–Crippen LogP) is 3.45. The van der Waals surface area contributed by atoms with Gasteiger partial charge in [-0.2, -0.15) is 0 Å². The van der Waals surface area contributed by atoms with Crippen molar-refractivity contribution in [1.29, 1.82) is 0 Å². The minimum absolute atomic E-state index is 0.227. The molecular weight excluding hydrogens is 308 g/mol. The van der Waals surface area contributed by atoms with Crippen LogP contribution in [0.15, 0.2) is 42.6 Å². The third-order valence-corrected chi connectivity index (χ3v) is 3.79. The third kappa shape index (κ3) is 2.86. The Hall–Kier alpha value is -3.15. The number of H-pyrrole nitrogens is 1. The minimum Gasteiger partial charge on any atom is -0.497 e. The second-order valence-corrected chi connectivity index (χ2v) is 5.13. The number of anilines is 1. The van der Waals surface area contributed by atoms with Gasteiger partial charge >= 0.3 is 0 Å². The average molecular weight is 326 g/mol. The maximum atomic E-state index is 12.6. The molecule has 6 heteroatoms. The van der Waals surface area contributed by atoms with Crippen LogP contribution in [0.4, 0.5) is 5.69 Å². The summed E-state index contributed by atoms with van der Waals surface area (Å²) in [5, 5.41) is 3.69. The smallest absolute Gasteiger partial charge is 0.257 e. The van der Waals surface area contributed by atoms with Gasteiger partial charge in [0, 0.05) is 29.2 Å². The van der Waals surface area contributed by atoms with Crippen molar-refractivity contribution >= 4 is 22.5 Å². The molecule has 0 radical (unpaired) electrons. The van der Waals surface area contributed by atoms with Crippen LogP contribution in [-0.2, 0) is 0 Å². The summed E-state index contributed by atoms with van der Waals surface area (Å²) in [5.74, 6) is 1.69. The number of rotatable bonds is 5.